The van der Waals surface area contributed by atoms with Crippen molar-refractivity contribution in [3.05, 3.63) is 0 Å². The molecule has 0 aromatic carbocycles. The lowest BCUT2D eigenvalue weighted by molar-refractivity contribution is -0.142. The van der Waals surface area contributed by atoms with Gasteiger partial charge in [0.25, 0.3) is 0 Å². The van der Waals surface area contributed by atoms with Crippen LogP contribution in [0.2, 0.25) is 0 Å². The Kier molecular flexibility index (Phi) is 4.68. The number of carbonyl (C=O) groups excluding carboxylic acids is 1. The van der Waals surface area contributed by atoms with Crippen LogP contribution in [0.5, 0.6) is 0 Å². The van der Waals surface area contributed by atoms with Crippen molar-refractivity contribution < 1.29 is 9.53 Å². The fourth-order valence-corrected chi connectivity index (χ4v) is 1.72. The summed E-state index contributed by atoms with van der Waals surface area (Å²) in [5, 5.41) is 0. The van der Waals surface area contributed by atoms with Gasteiger partial charge in [-0.05, 0) is 12.8 Å². The zero-order valence-electron chi connectivity index (χ0n) is 9.99. The van der Waals surface area contributed by atoms with Crippen molar-refractivity contribution in [1.82, 2.24) is 4.90 Å². The van der Waals surface area contributed by atoms with Crippen molar-refractivity contribution >= 4 is 23.1 Å². The van der Waals surface area contributed by atoms with Gasteiger partial charge in [-0.3, -0.25) is 4.79 Å². The lowest BCUT2D eigenvalue weighted by Gasteiger charge is -2.29. The predicted molar refractivity (Wildman–Crippen MR) is 67.2 cm³/mol. The summed E-state index contributed by atoms with van der Waals surface area (Å²) in [7, 11) is 0. The Morgan fingerprint density at radius 1 is 1.62 bits per heavy atom. The smallest absolute Gasteiger partial charge is 0.248 e. The van der Waals surface area contributed by atoms with Crippen molar-refractivity contribution in [2.45, 2.75) is 26.7 Å². The van der Waals surface area contributed by atoms with E-state index >= 15 is 0 Å². The van der Waals surface area contributed by atoms with Gasteiger partial charge in [0.2, 0.25) is 5.91 Å². The Bertz CT molecular complexity index is 279. The number of ether oxygens (including phenoxy) is 1. The quantitative estimate of drug-likeness (QED) is 0.731. The largest absolute Gasteiger partial charge is 0.393 e. The summed E-state index contributed by atoms with van der Waals surface area (Å²) >= 11 is 5.00. The molecule has 0 atom stereocenters. The van der Waals surface area contributed by atoms with Gasteiger partial charge < -0.3 is 15.4 Å². The minimum absolute atomic E-state index is 0.0828. The second-order valence-electron chi connectivity index (χ2n) is 4.79. The van der Waals surface area contributed by atoms with Crippen LogP contribution in [-0.2, 0) is 9.53 Å². The van der Waals surface area contributed by atoms with Gasteiger partial charge >= 0.3 is 0 Å². The molecule has 0 aliphatic carbocycles. The van der Waals surface area contributed by atoms with Crippen LogP contribution in [0.4, 0.5) is 0 Å². The van der Waals surface area contributed by atoms with Gasteiger partial charge in [-0.2, -0.15) is 0 Å². The van der Waals surface area contributed by atoms with E-state index in [9.17, 15) is 4.79 Å². The van der Waals surface area contributed by atoms with Gasteiger partial charge in [-0.25, -0.2) is 0 Å². The number of carbonyl (C=O) groups is 1. The van der Waals surface area contributed by atoms with Crippen molar-refractivity contribution in [3.8, 4) is 0 Å². The standard InChI is InChI=1S/C11H20N2O2S/c1-11(2,10(12)16)4-3-5-13-6-7-15-8-9(13)14/h3-8H2,1-2H3,(H2,12,16). The molecule has 4 nitrogen and oxygen atoms in total. The van der Waals surface area contributed by atoms with Crippen LogP contribution in [0.3, 0.4) is 0 Å². The fraction of sp³-hybridized carbons (Fsp3) is 0.818. The zero-order valence-corrected chi connectivity index (χ0v) is 10.8. The lowest BCUT2D eigenvalue weighted by atomic mass is 9.88. The molecule has 92 valence electrons. The van der Waals surface area contributed by atoms with Crippen LogP contribution in [0.25, 0.3) is 0 Å². The van der Waals surface area contributed by atoms with E-state index in [0.29, 0.717) is 18.1 Å². The third kappa shape index (κ3) is 3.72. The summed E-state index contributed by atoms with van der Waals surface area (Å²) in [4.78, 5) is 13.8. The van der Waals surface area contributed by atoms with Gasteiger partial charge in [0.1, 0.15) is 6.61 Å². The molecular weight excluding hydrogens is 224 g/mol. The molecule has 1 saturated heterocycles. The topological polar surface area (TPSA) is 55.6 Å². The van der Waals surface area contributed by atoms with Crippen LogP contribution in [0, 0.1) is 5.41 Å². The lowest BCUT2D eigenvalue weighted by Crippen LogP contribution is -2.42. The van der Waals surface area contributed by atoms with E-state index in [4.69, 9.17) is 22.7 Å². The highest BCUT2D eigenvalue weighted by Gasteiger charge is 2.23. The number of morpholine rings is 1. The van der Waals surface area contributed by atoms with Crippen LogP contribution in [0.1, 0.15) is 26.7 Å². The highest BCUT2D eigenvalue weighted by Crippen LogP contribution is 2.22. The molecule has 0 aromatic rings. The Morgan fingerprint density at radius 2 is 2.31 bits per heavy atom. The first-order valence-corrected chi connectivity index (χ1v) is 6.00. The van der Waals surface area contributed by atoms with Gasteiger partial charge in [0, 0.05) is 18.5 Å². The van der Waals surface area contributed by atoms with Crippen molar-refractivity contribution in [2.24, 2.45) is 11.1 Å². The molecule has 1 rings (SSSR count). The second-order valence-corrected chi connectivity index (χ2v) is 5.22. The van der Waals surface area contributed by atoms with E-state index in [2.05, 4.69) is 0 Å². The highest BCUT2D eigenvalue weighted by molar-refractivity contribution is 7.80. The van der Waals surface area contributed by atoms with Crippen LogP contribution < -0.4 is 5.73 Å². The molecule has 0 spiro atoms. The summed E-state index contributed by atoms with van der Waals surface area (Å²) in [6, 6.07) is 0. The molecule has 2 N–H and O–H groups in total. The van der Waals surface area contributed by atoms with E-state index in [-0.39, 0.29) is 17.9 Å². The molecule has 1 heterocycles. The van der Waals surface area contributed by atoms with Gasteiger partial charge in [-0.1, -0.05) is 26.1 Å². The van der Waals surface area contributed by atoms with Gasteiger partial charge in [0.05, 0.1) is 11.6 Å². The first-order chi connectivity index (χ1) is 7.43. The molecular formula is C11H20N2O2S. The summed E-state index contributed by atoms with van der Waals surface area (Å²) < 4.78 is 5.07. The summed E-state index contributed by atoms with van der Waals surface area (Å²) in [6.45, 7) is 6.41. The SMILES string of the molecule is CC(C)(CCCN1CCOCC1=O)C(N)=S. The van der Waals surface area contributed by atoms with E-state index in [1.807, 2.05) is 18.7 Å². The average Bonchev–Trinajstić information content (AvgIpc) is 2.20. The number of amides is 1. The molecule has 1 fully saturated rings. The first kappa shape index (κ1) is 13.4. The van der Waals surface area contributed by atoms with Crippen LogP contribution in [0.15, 0.2) is 0 Å². The molecule has 1 aliphatic heterocycles. The minimum Gasteiger partial charge on any atom is -0.393 e. The number of thiocarbonyl (C=S) groups is 1. The third-order valence-electron chi connectivity index (χ3n) is 2.98. The molecule has 1 amide bonds. The van der Waals surface area contributed by atoms with Crippen molar-refractivity contribution in [2.75, 3.05) is 26.3 Å². The molecule has 0 radical (unpaired) electrons. The maximum Gasteiger partial charge on any atom is 0.248 e. The van der Waals surface area contributed by atoms with E-state index < -0.39 is 0 Å². The normalized spacial score (nSPS) is 17.6. The fourth-order valence-electron chi connectivity index (χ4n) is 1.62. The second kappa shape index (κ2) is 5.59. The molecule has 5 heteroatoms. The average molecular weight is 244 g/mol. The van der Waals surface area contributed by atoms with Gasteiger partial charge in [0.15, 0.2) is 0 Å². The van der Waals surface area contributed by atoms with Crippen molar-refractivity contribution in [1.29, 1.82) is 0 Å². The molecule has 16 heavy (non-hydrogen) atoms. The maximum atomic E-state index is 11.4. The summed E-state index contributed by atoms with van der Waals surface area (Å²) in [5.74, 6) is 0.0828. The minimum atomic E-state index is -0.120. The number of hydrogen-bond donors (Lipinski definition) is 1. The van der Waals surface area contributed by atoms with Crippen molar-refractivity contribution in [3.63, 3.8) is 0 Å². The molecule has 0 saturated carbocycles. The molecule has 1 aliphatic rings. The van der Waals surface area contributed by atoms with Crippen LogP contribution >= 0.6 is 12.2 Å². The Balaban J connectivity index is 2.29. The number of nitrogens with two attached hydrogens (primary N) is 1. The van der Waals surface area contributed by atoms with E-state index in [1.54, 1.807) is 0 Å². The predicted octanol–water partition coefficient (Wildman–Crippen LogP) is 0.938. The highest BCUT2D eigenvalue weighted by atomic mass is 32.1. The third-order valence-corrected chi connectivity index (χ3v) is 3.53. The first-order valence-electron chi connectivity index (χ1n) is 5.59. The number of hydrogen-bond acceptors (Lipinski definition) is 3. The van der Waals surface area contributed by atoms with Crippen LogP contribution in [-0.4, -0.2) is 42.1 Å². The Hall–Kier alpha value is -0.680. The van der Waals surface area contributed by atoms with E-state index in [0.717, 1.165) is 19.4 Å². The zero-order chi connectivity index (χ0) is 12.2. The molecule has 0 bridgehead atoms. The number of rotatable bonds is 5. The molecule has 0 unspecified atom stereocenters. The molecule has 0 aromatic heterocycles. The summed E-state index contributed by atoms with van der Waals surface area (Å²) in [6.07, 6.45) is 1.84. The summed E-state index contributed by atoms with van der Waals surface area (Å²) in [5.41, 5.74) is 5.53. The van der Waals surface area contributed by atoms with E-state index in [1.165, 1.54) is 0 Å². The Morgan fingerprint density at radius 3 is 2.88 bits per heavy atom. The Labute approximate surface area is 102 Å². The van der Waals surface area contributed by atoms with Gasteiger partial charge in [-0.15, -0.1) is 0 Å². The maximum absolute atomic E-state index is 11.4. The number of nitrogens with zero attached hydrogens (tertiary/aromatic N) is 1. The monoisotopic (exact) mass is 244 g/mol.